The number of hydrogen-bond acceptors (Lipinski definition) is 0. The van der Waals surface area contributed by atoms with Crippen molar-refractivity contribution in [2.75, 3.05) is 0 Å². The lowest BCUT2D eigenvalue weighted by atomic mass is 9.75. The molecule has 0 spiro atoms. The molecule has 0 heteroatoms. The largest absolute Gasteiger partial charge is 0.0651 e. The monoisotopic (exact) mass is 210 g/mol. The molecule has 0 amide bonds. The van der Waals surface area contributed by atoms with Crippen LogP contribution in [-0.4, -0.2) is 0 Å². The van der Waals surface area contributed by atoms with Crippen LogP contribution in [0.5, 0.6) is 0 Å². The van der Waals surface area contributed by atoms with Gasteiger partial charge in [-0.25, -0.2) is 0 Å². The van der Waals surface area contributed by atoms with Gasteiger partial charge in [-0.15, -0.1) is 0 Å². The van der Waals surface area contributed by atoms with Gasteiger partial charge < -0.3 is 0 Å². The van der Waals surface area contributed by atoms with Crippen LogP contribution in [0.15, 0.2) is 0 Å². The molecule has 0 bridgehead atoms. The Labute approximate surface area is 96.8 Å². The van der Waals surface area contributed by atoms with Crippen molar-refractivity contribution in [3.8, 4) is 0 Å². The van der Waals surface area contributed by atoms with Gasteiger partial charge in [0, 0.05) is 0 Å². The molecule has 4 atom stereocenters. The first-order chi connectivity index (χ1) is 6.93. The first-order valence-electron chi connectivity index (χ1n) is 6.93. The number of rotatable bonds is 6. The zero-order valence-electron chi connectivity index (χ0n) is 11.6. The SMILES string of the molecule is CCC1C(C)C1CC(C)(CC)CC(C)C. The number of hydrogen-bond donors (Lipinski definition) is 0. The van der Waals surface area contributed by atoms with Crippen molar-refractivity contribution in [2.45, 2.75) is 67.2 Å². The van der Waals surface area contributed by atoms with Crippen molar-refractivity contribution in [1.82, 2.24) is 0 Å². The normalized spacial score (nSPS) is 34.2. The Morgan fingerprint density at radius 2 is 1.73 bits per heavy atom. The fourth-order valence-electron chi connectivity index (χ4n) is 3.58. The summed E-state index contributed by atoms with van der Waals surface area (Å²) in [5, 5.41) is 0. The fourth-order valence-corrected chi connectivity index (χ4v) is 3.58. The van der Waals surface area contributed by atoms with Crippen molar-refractivity contribution < 1.29 is 0 Å². The molecule has 1 fully saturated rings. The minimum Gasteiger partial charge on any atom is -0.0651 e. The molecule has 0 aromatic carbocycles. The minimum absolute atomic E-state index is 0.608. The minimum atomic E-state index is 0.608. The van der Waals surface area contributed by atoms with Crippen molar-refractivity contribution in [3.05, 3.63) is 0 Å². The third kappa shape index (κ3) is 3.23. The van der Waals surface area contributed by atoms with Crippen LogP contribution < -0.4 is 0 Å². The standard InChI is InChI=1S/C15H30/c1-7-13-12(5)14(13)10-15(6,8-2)9-11(3)4/h11-14H,7-10H2,1-6H3. The molecular weight excluding hydrogens is 180 g/mol. The summed E-state index contributed by atoms with van der Waals surface area (Å²) in [5.74, 6) is 3.94. The zero-order valence-corrected chi connectivity index (χ0v) is 11.6. The Morgan fingerprint density at radius 3 is 2.07 bits per heavy atom. The van der Waals surface area contributed by atoms with Gasteiger partial charge in [-0.2, -0.15) is 0 Å². The fraction of sp³-hybridized carbons (Fsp3) is 1.00. The highest BCUT2D eigenvalue weighted by Crippen LogP contribution is 2.55. The highest BCUT2D eigenvalue weighted by molar-refractivity contribution is 4.96. The summed E-state index contributed by atoms with van der Waals surface area (Å²) < 4.78 is 0. The lowest BCUT2D eigenvalue weighted by Crippen LogP contribution is -2.19. The quantitative estimate of drug-likeness (QED) is 0.570. The van der Waals surface area contributed by atoms with E-state index in [-0.39, 0.29) is 0 Å². The lowest BCUT2D eigenvalue weighted by Gasteiger charge is -2.30. The molecule has 15 heavy (non-hydrogen) atoms. The third-order valence-electron chi connectivity index (χ3n) is 4.71. The molecule has 90 valence electrons. The van der Waals surface area contributed by atoms with E-state index < -0.39 is 0 Å². The van der Waals surface area contributed by atoms with E-state index in [0.717, 1.165) is 23.7 Å². The second kappa shape index (κ2) is 4.89. The first kappa shape index (κ1) is 13.1. The Kier molecular flexibility index (Phi) is 4.26. The van der Waals surface area contributed by atoms with Crippen LogP contribution in [0.2, 0.25) is 0 Å². The van der Waals surface area contributed by atoms with Crippen LogP contribution in [0.3, 0.4) is 0 Å². The topological polar surface area (TPSA) is 0 Å². The lowest BCUT2D eigenvalue weighted by molar-refractivity contribution is 0.207. The maximum atomic E-state index is 2.50. The van der Waals surface area contributed by atoms with Gasteiger partial charge in [-0.05, 0) is 41.9 Å². The van der Waals surface area contributed by atoms with Gasteiger partial charge in [-0.1, -0.05) is 54.4 Å². The highest BCUT2D eigenvalue weighted by atomic mass is 14.5. The molecule has 1 rings (SSSR count). The molecule has 4 unspecified atom stereocenters. The maximum absolute atomic E-state index is 2.50. The van der Waals surface area contributed by atoms with Crippen LogP contribution >= 0.6 is 0 Å². The van der Waals surface area contributed by atoms with Crippen LogP contribution in [0.4, 0.5) is 0 Å². The summed E-state index contributed by atoms with van der Waals surface area (Å²) in [6.45, 7) is 14.4. The van der Waals surface area contributed by atoms with E-state index in [2.05, 4.69) is 41.5 Å². The van der Waals surface area contributed by atoms with Crippen LogP contribution in [0.25, 0.3) is 0 Å². The van der Waals surface area contributed by atoms with Gasteiger partial charge >= 0.3 is 0 Å². The molecule has 0 aromatic rings. The van der Waals surface area contributed by atoms with E-state index >= 15 is 0 Å². The summed E-state index contributed by atoms with van der Waals surface area (Å²) in [6.07, 6.45) is 5.63. The Hall–Kier alpha value is 0. The second-order valence-corrected chi connectivity index (χ2v) is 6.56. The molecule has 0 N–H and O–H groups in total. The maximum Gasteiger partial charge on any atom is -0.0323 e. The molecule has 1 saturated carbocycles. The third-order valence-corrected chi connectivity index (χ3v) is 4.71. The summed E-state index contributed by atoms with van der Waals surface area (Å²) in [5.41, 5.74) is 0.608. The van der Waals surface area contributed by atoms with Crippen LogP contribution in [0.1, 0.15) is 67.2 Å². The van der Waals surface area contributed by atoms with E-state index in [1.165, 1.54) is 25.7 Å². The van der Waals surface area contributed by atoms with E-state index in [9.17, 15) is 0 Å². The average Bonchev–Trinajstić information content (AvgIpc) is 2.74. The molecule has 0 saturated heterocycles. The molecule has 1 aliphatic carbocycles. The Bertz CT molecular complexity index is 194. The molecule has 0 nitrogen and oxygen atoms in total. The molecule has 0 aliphatic heterocycles. The first-order valence-corrected chi connectivity index (χ1v) is 6.93. The highest BCUT2D eigenvalue weighted by Gasteiger charge is 2.47. The zero-order chi connectivity index (χ0) is 11.6. The van der Waals surface area contributed by atoms with E-state index in [4.69, 9.17) is 0 Å². The molecule has 0 heterocycles. The predicted octanol–water partition coefficient (Wildman–Crippen LogP) is 5.13. The summed E-state index contributed by atoms with van der Waals surface area (Å²) in [6, 6.07) is 0. The van der Waals surface area contributed by atoms with Gasteiger partial charge in [0.1, 0.15) is 0 Å². The van der Waals surface area contributed by atoms with Gasteiger partial charge in [0.15, 0.2) is 0 Å². The van der Waals surface area contributed by atoms with Gasteiger partial charge in [0.25, 0.3) is 0 Å². The predicted molar refractivity (Wildman–Crippen MR) is 68.9 cm³/mol. The van der Waals surface area contributed by atoms with Crippen molar-refractivity contribution in [3.63, 3.8) is 0 Å². The van der Waals surface area contributed by atoms with Gasteiger partial charge in [0.2, 0.25) is 0 Å². The summed E-state index contributed by atoms with van der Waals surface area (Å²) in [7, 11) is 0. The molecule has 0 radical (unpaired) electrons. The Balaban J connectivity index is 2.47. The summed E-state index contributed by atoms with van der Waals surface area (Å²) in [4.78, 5) is 0. The van der Waals surface area contributed by atoms with Crippen molar-refractivity contribution in [2.24, 2.45) is 29.1 Å². The van der Waals surface area contributed by atoms with Crippen molar-refractivity contribution >= 4 is 0 Å². The van der Waals surface area contributed by atoms with Crippen LogP contribution in [-0.2, 0) is 0 Å². The second-order valence-electron chi connectivity index (χ2n) is 6.56. The van der Waals surface area contributed by atoms with Gasteiger partial charge in [-0.3, -0.25) is 0 Å². The van der Waals surface area contributed by atoms with Gasteiger partial charge in [0.05, 0.1) is 0 Å². The Morgan fingerprint density at radius 1 is 1.13 bits per heavy atom. The average molecular weight is 210 g/mol. The summed E-state index contributed by atoms with van der Waals surface area (Å²) >= 11 is 0. The molecule has 0 aromatic heterocycles. The smallest absolute Gasteiger partial charge is 0.0323 e. The van der Waals surface area contributed by atoms with Crippen molar-refractivity contribution in [1.29, 1.82) is 0 Å². The van der Waals surface area contributed by atoms with E-state index in [0.29, 0.717) is 5.41 Å². The van der Waals surface area contributed by atoms with Crippen LogP contribution in [0, 0.1) is 29.1 Å². The van der Waals surface area contributed by atoms with E-state index in [1.54, 1.807) is 0 Å². The molecule has 1 aliphatic rings. The van der Waals surface area contributed by atoms with E-state index in [1.807, 2.05) is 0 Å². The molecular formula is C15H30.